The number of fused-ring (bicyclic) bond motifs is 7. The molecule has 4 rings (SSSR count). The molecule has 84 valence electrons. The van der Waals surface area contributed by atoms with Gasteiger partial charge in [0, 0.05) is 0 Å². The minimum Gasteiger partial charge on any atom is -0.375 e. The highest BCUT2D eigenvalue weighted by molar-refractivity contribution is 5.51. The molecule has 2 heteroatoms. The van der Waals surface area contributed by atoms with Crippen molar-refractivity contribution in [3.8, 4) is 0 Å². The van der Waals surface area contributed by atoms with Crippen molar-refractivity contribution in [3.63, 3.8) is 0 Å². The highest BCUT2D eigenvalue weighted by Gasteiger charge is 2.40. The SMILES string of the molecule is N[C@H]1COCc2ccc3c(c21)[C@H]1CCC3C1. The Morgan fingerprint density at radius 1 is 1.12 bits per heavy atom. The Hall–Kier alpha value is -0.860. The maximum Gasteiger partial charge on any atom is 0.0721 e. The van der Waals surface area contributed by atoms with Crippen molar-refractivity contribution < 1.29 is 4.74 Å². The van der Waals surface area contributed by atoms with Crippen LogP contribution < -0.4 is 5.73 Å². The Kier molecular flexibility index (Phi) is 1.77. The normalized spacial score (nSPS) is 34.9. The topological polar surface area (TPSA) is 35.2 Å². The standard InChI is InChI=1S/C14H17NO/c15-12-7-16-6-10-3-4-11-8-1-2-9(5-8)13(11)14(10)12/h3-4,8-9,12H,1-2,5-7,15H2/t8?,9-,12-/m0/s1. The third-order valence-electron chi connectivity index (χ3n) is 4.62. The van der Waals surface area contributed by atoms with Gasteiger partial charge in [0.2, 0.25) is 0 Å². The first-order chi connectivity index (χ1) is 7.84. The molecule has 3 atom stereocenters. The van der Waals surface area contributed by atoms with Crippen molar-refractivity contribution in [1.82, 2.24) is 0 Å². The first kappa shape index (κ1) is 9.20. The molecule has 2 N–H and O–H groups in total. The van der Waals surface area contributed by atoms with Gasteiger partial charge in [-0.2, -0.15) is 0 Å². The number of hydrogen-bond donors (Lipinski definition) is 1. The molecular weight excluding hydrogens is 198 g/mol. The molecule has 1 heterocycles. The van der Waals surface area contributed by atoms with Crippen LogP contribution in [0.4, 0.5) is 0 Å². The number of nitrogens with two attached hydrogens (primary N) is 1. The minimum atomic E-state index is 0.109. The number of rotatable bonds is 0. The maximum atomic E-state index is 6.23. The van der Waals surface area contributed by atoms with E-state index >= 15 is 0 Å². The molecule has 2 nitrogen and oxygen atoms in total. The smallest absolute Gasteiger partial charge is 0.0721 e. The molecule has 1 aliphatic heterocycles. The van der Waals surface area contributed by atoms with Crippen LogP contribution in [0.1, 0.15) is 59.4 Å². The molecule has 3 aliphatic rings. The van der Waals surface area contributed by atoms with E-state index < -0.39 is 0 Å². The molecule has 1 saturated carbocycles. The van der Waals surface area contributed by atoms with Gasteiger partial charge in [0.15, 0.2) is 0 Å². The fourth-order valence-electron chi connectivity index (χ4n) is 3.98. The lowest BCUT2D eigenvalue weighted by Gasteiger charge is -2.29. The average Bonchev–Trinajstić information content (AvgIpc) is 2.89. The minimum absolute atomic E-state index is 0.109. The lowest BCUT2D eigenvalue weighted by molar-refractivity contribution is 0.0918. The predicted molar refractivity (Wildman–Crippen MR) is 62.4 cm³/mol. The third kappa shape index (κ3) is 1.04. The predicted octanol–water partition coefficient (Wildman–Crippen LogP) is 2.58. The molecule has 2 bridgehead atoms. The summed E-state index contributed by atoms with van der Waals surface area (Å²) >= 11 is 0. The van der Waals surface area contributed by atoms with Crippen LogP contribution in [0.15, 0.2) is 12.1 Å². The molecule has 0 amide bonds. The molecule has 0 saturated heterocycles. The Morgan fingerprint density at radius 2 is 2.00 bits per heavy atom. The van der Waals surface area contributed by atoms with Gasteiger partial charge in [-0.15, -0.1) is 0 Å². The van der Waals surface area contributed by atoms with Crippen molar-refractivity contribution >= 4 is 0 Å². The van der Waals surface area contributed by atoms with Crippen LogP contribution >= 0.6 is 0 Å². The van der Waals surface area contributed by atoms with E-state index in [-0.39, 0.29) is 6.04 Å². The highest BCUT2D eigenvalue weighted by Crippen LogP contribution is 2.55. The van der Waals surface area contributed by atoms with Gasteiger partial charge in [-0.25, -0.2) is 0 Å². The van der Waals surface area contributed by atoms with Crippen molar-refractivity contribution in [3.05, 3.63) is 34.4 Å². The summed E-state index contributed by atoms with van der Waals surface area (Å²) in [6.07, 6.45) is 4.14. The summed E-state index contributed by atoms with van der Waals surface area (Å²) in [5.41, 5.74) is 12.2. The summed E-state index contributed by atoms with van der Waals surface area (Å²) in [6, 6.07) is 4.69. The van der Waals surface area contributed by atoms with Gasteiger partial charge in [-0.05, 0) is 53.4 Å². The summed E-state index contributed by atoms with van der Waals surface area (Å²) in [4.78, 5) is 0. The molecule has 1 aromatic rings. The fraction of sp³-hybridized carbons (Fsp3) is 0.571. The highest BCUT2D eigenvalue weighted by atomic mass is 16.5. The summed E-state index contributed by atoms with van der Waals surface area (Å²) in [5.74, 6) is 1.64. The fourth-order valence-corrected chi connectivity index (χ4v) is 3.98. The second-order valence-electron chi connectivity index (χ2n) is 5.47. The first-order valence-corrected chi connectivity index (χ1v) is 6.33. The Labute approximate surface area is 95.8 Å². The summed E-state index contributed by atoms with van der Waals surface area (Å²) in [5, 5.41) is 0. The molecule has 0 radical (unpaired) electrons. The van der Waals surface area contributed by atoms with Gasteiger partial charge in [-0.3, -0.25) is 0 Å². The van der Waals surface area contributed by atoms with Crippen molar-refractivity contribution in [2.75, 3.05) is 6.61 Å². The van der Waals surface area contributed by atoms with E-state index in [1.54, 1.807) is 11.1 Å². The van der Waals surface area contributed by atoms with Crippen LogP contribution in [0.25, 0.3) is 0 Å². The largest absolute Gasteiger partial charge is 0.375 e. The Balaban J connectivity index is 1.96. The zero-order valence-corrected chi connectivity index (χ0v) is 9.41. The van der Waals surface area contributed by atoms with Crippen molar-refractivity contribution in [1.29, 1.82) is 0 Å². The van der Waals surface area contributed by atoms with E-state index in [0.29, 0.717) is 6.61 Å². The second kappa shape index (κ2) is 3.08. The molecule has 1 fully saturated rings. The molecule has 1 unspecified atom stereocenters. The first-order valence-electron chi connectivity index (χ1n) is 6.33. The monoisotopic (exact) mass is 215 g/mol. The molecular formula is C14H17NO. The van der Waals surface area contributed by atoms with Crippen LogP contribution in [-0.2, 0) is 11.3 Å². The quantitative estimate of drug-likeness (QED) is 0.722. The molecule has 1 aromatic carbocycles. The van der Waals surface area contributed by atoms with Crippen LogP contribution in [0.2, 0.25) is 0 Å². The summed E-state index contributed by atoms with van der Waals surface area (Å²) in [7, 11) is 0. The lowest BCUT2D eigenvalue weighted by Crippen LogP contribution is -2.26. The summed E-state index contributed by atoms with van der Waals surface area (Å²) < 4.78 is 5.52. The van der Waals surface area contributed by atoms with Gasteiger partial charge in [-0.1, -0.05) is 12.1 Å². The van der Waals surface area contributed by atoms with E-state index in [0.717, 1.165) is 18.4 Å². The zero-order valence-electron chi connectivity index (χ0n) is 9.41. The van der Waals surface area contributed by atoms with Crippen LogP contribution in [-0.4, -0.2) is 6.61 Å². The van der Waals surface area contributed by atoms with E-state index in [1.165, 1.54) is 30.4 Å². The summed E-state index contributed by atoms with van der Waals surface area (Å²) in [6.45, 7) is 1.45. The van der Waals surface area contributed by atoms with Gasteiger partial charge in [0.1, 0.15) is 0 Å². The second-order valence-corrected chi connectivity index (χ2v) is 5.47. The van der Waals surface area contributed by atoms with E-state index in [2.05, 4.69) is 12.1 Å². The molecule has 0 aromatic heterocycles. The van der Waals surface area contributed by atoms with Crippen molar-refractivity contribution in [2.45, 2.75) is 43.7 Å². The van der Waals surface area contributed by atoms with Crippen LogP contribution in [0.3, 0.4) is 0 Å². The average molecular weight is 215 g/mol. The number of hydrogen-bond acceptors (Lipinski definition) is 2. The number of ether oxygens (including phenoxy) is 1. The van der Waals surface area contributed by atoms with Gasteiger partial charge in [0.25, 0.3) is 0 Å². The van der Waals surface area contributed by atoms with E-state index in [1.807, 2.05) is 0 Å². The lowest BCUT2D eigenvalue weighted by atomic mass is 9.83. The van der Waals surface area contributed by atoms with E-state index in [9.17, 15) is 0 Å². The Bertz CT molecular complexity index is 454. The van der Waals surface area contributed by atoms with Gasteiger partial charge in [0.05, 0.1) is 19.3 Å². The van der Waals surface area contributed by atoms with Gasteiger partial charge < -0.3 is 10.5 Å². The van der Waals surface area contributed by atoms with Crippen molar-refractivity contribution in [2.24, 2.45) is 5.73 Å². The van der Waals surface area contributed by atoms with Crippen LogP contribution in [0.5, 0.6) is 0 Å². The molecule has 2 aliphatic carbocycles. The maximum absolute atomic E-state index is 6.23. The van der Waals surface area contributed by atoms with Crippen LogP contribution in [0, 0.1) is 0 Å². The van der Waals surface area contributed by atoms with Gasteiger partial charge >= 0.3 is 0 Å². The molecule has 0 spiro atoms. The third-order valence-corrected chi connectivity index (χ3v) is 4.62. The van der Waals surface area contributed by atoms with E-state index in [4.69, 9.17) is 10.5 Å². The zero-order chi connectivity index (χ0) is 10.7. The Morgan fingerprint density at radius 3 is 2.94 bits per heavy atom. The molecule has 16 heavy (non-hydrogen) atoms. The number of benzene rings is 1.